The zero-order valence-electron chi connectivity index (χ0n) is 21.0. The van der Waals surface area contributed by atoms with Gasteiger partial charge in [-0.25, -0.2) is 9.18 Å². The van der Waals surface area contributed by atoms with Gasteiger partial charge in [-0.1, -0.05) is 32.0 Å². The number of nitrogens with one attached hydrogen (secondary N) is 1. The lowest BCUT2D eigenvalue weighted by atomic mass is 9.78. The predicted octanol–water partition coefficient (Wildman–Crippen LogP) is 4.48. The Morgan fingerprint density at radius 1 is 0.947 bits per heavy atom. The van der Waals surface area contributed by atoms with Gasteiger partial charge >= 0.3 is 6.09 Å². The van der Waals surface area contributed by atoms with E-state index in [-0.39, 0.29) is 28.9 Å². The largest absolute Gasteiger partial charge is 0.465 e. The average molecular weight is 513 g/mol. The number of aromatic nitrogens is 2. The van der Waals surface area contributed by atoms with Crippen molar-refractivity contribution in [2.24, 2.45) is 0 Å². The van der Waals surface area contributed by atoms with Crippen LogP contribution in [0, 0.1) is 5.82 Å². The standard InChI is InChI=1S/C29H25FN4O4/c1-29(2)6-7-32-14-20(18-10-16(30)11-21(29)25(18)32)23-22(26(35)31-27(23)36)19-13-33-8-9-34(28(37)38)12-15-4-3-5-17(19)24(15)33/h3-5,10-11,13-14H,6-9,12H2,1-2H3,(H,37,38)(H,31,35,36). The Bertz CT molecular complexity index is 1790. The van der Waals surface area contributed by atoms with Crippen LogP contribution >= 0.6 is 0 Å². The van der Waals surface area contributed by atoms with E-state index in [2.05, 4.69) is 23.7 Å². The fourth-order valence-electron chi connectivity index (χ4n) is 6.42. The van der Waals surface area contributed by atoms with Crippen LogP contribution < -0.4 is 5.32 Å². The van der Waals surface area contributed by atoms with Crippen molar-refractivity contribution >= 4 is 50.9 Å². The maximum absolute atomic E-state index is 14.9. The summed E-state index contributed by atoms with van der Waals surface area (Å²) in [6.07, 6.45) is 3.55. The van der Waals surface area contributed by atoms with E-state index in [1.165, 1.54) is 11.0 Å². The minimum absolute atomic E-state index is 0.224. The molecule has 8 nitrogen and oxygen atoms in total. The number of rotatable bonds is 2. The number of imide groups is 1. The van der Waals surface area contributed by atoms with Crippen LogP contribution in [0.15, 0.2) is 42.7 Å². The summed E-state index contributed by atoms with van der Waals surface area (Å²) in [6, 6.07) is 8.63. The summed E-state index contributed by atoms with van der Waals surface area (Å²) < 4.78 is 18.9. The van der Waals surface area contributed by atoms with Crippen molar-refractivity contribution in [2.45, 2.75) is 45.3 Å². The fraction of sp³-hybridized carbons (Fsp3) is 0.276. The lowest BCUT2D eigenvalue weighted by Gasteiger charge is -2.31. The van der Waals surface area contributed by atoms with Gasteiger partial charge in [0.2, 0.25) is 0 Å². The molecule has 0 atom stereocenters. The molecule has 38 heavy (non-hydrogen) atoms. The van der Waals surface area contributed by atoms with Gasteiger partial charge in [-0.15, -0.1) is 0 Å². The highest BCUT2D eigenvalue weighted by molar-refractivity contribution is 6.50. The van der Waals surface area contributed by atoms with Gasteiger partial charge in [-0.3, -0.25) is 14.9 Å². The summed E-state index contributed by atoms with van der Waals surface area (Å²) in [7, 11) is 0. The van der Waals surface area contributed by atoms with Crippen molar-refractivity contribution < 1.29 is 23.9 Å². The van der Waals surface area contributed by atoms with Gasteiger partial charge in [0.1, 0.15) is 5.82 Å². The van der Waals surface area contributed by atoms with Crippen molar-refractivity contribution in [3.05, 3.63) is 70.8 Å². The highest BCUT2D eigenvalue weighted by Gasteiger charge is 2.38. The number of amides is 3. The molecule has 2 N–H and O–H groups in total. The van der Waals surface area contributed by atoms with E-state index in [1.54, 1.807) is 6.07 Å². The molecule has 2 aromatic carbocycles. The van der Waals surface area contributed by atoms with E-state index in [9.17, 15) is 23.9 Å². The fourth-order valence-corrected chi connectivity index (χ4v) is 6.42. The first-order valence-corrected chi connectivity index (χ1v) is 12.7. The van der Waals surface area contributed by atoms with Crippen molar-refractivity contribution in [3.8, 4) is 0 Å². The maximum atomic E-state index is 14.9. The number of carbonyl (C=O) groups excluding carboxylic acids is 2. The molecule has 0 aliphatic carbocycles. The quantitative estimate of drug-likeness (QED) is 0.387. The third-order valence-corrected chi connectivity index (χ3v) is 8.34. The first-order valence-electron chi connectivity index (χ1n) is 12.7. The number of halogens is 1. The summed E-state index contributed by atoms with van der Waals surface area (Å²) in [4.78, 5) is 39.7. The highest BCUT2D eigenvalue weighted by atomic mass is 19.1. The van der Waals surface area contributed by atoms with Crippen LogP contribution in [0.2, 0.25) is 0 Å². The predicted molar refractivity (Wildman–Crippen MR) is 140 cm³/mol. The van der Waals surface area contributed by atoms with Crippen LogP contribution in [0.5, 0.6) is 0 Å². The molecule has 4 aromatic rings. The number of carbonyl (C=O) groups is 3. The Hall–Kier alpha value is -4.40. The van der Waals surface area contributed by atoms with Crippen molar-refractivity contribution in [1.82, 2.24) is 19.4 Å². The van der Waals surface area contributed by atoms with Crippen LogP contribution in [0.3, 0.4) is 0 Å². The summed E-state index contributed by atoms with van der Waals surface area (Å²) >= 11 is 0. The Kier molecular flexibility index (Phi) is 4.53. The Labute approximate surface area is 216 Å². The van der Waals surface area contributed by atoms with Crippen LogP contribution in [0.25, 0.3) is 33.0 Å². The highest BCUT2D eigenvalue weighted by Crippen LogP contribution is 2.44. The van der Waals surface area contributed by atoms with Crippen LogP contribution in [0.4, 0.5) is 9.18 Å². The molecule has 192 valence electrons. The van der Waals surface area contributed by atoms with Crippen LogP contribution in [-0.4, -0.2) is 43.6 Å². The normalized spacial score (nSPS) is 18.4. The minimum Gasteiger partial charge on any atom is -0.465 e. The van der Waals surface area contributed by atoms with Crippen molar-refractivity contribution in [1.29, 1.82) is 0 Å². The van der Waals surface area contributed by atoms with Crippen molar-refractivity contribution in [2.75, 3.05) is 6.54 Å². The topological polar surface area (TPSA) is 96.6 Å². The Balaban J connectivity index is 1.50. The molecular formula is C29H25FN4O4. The van der Waals surface area contributed by atoms with E-state index in [4.69, 9.17) is 0 Å². The van der Waals surface area contributed by atoms with E-state index in [1.807, 2.05) is 35.2 Å². The second-order valence-corrected chi connectivity index (χ2v) is 11.0. The van der Waals surface area contributed by atoms with Gasteiger partial charge < -0.3 is 19.1 Å². The minimum atomic E-state index is -0.984. The first kappa shape index (κ1) is 22.8. The van der Waals surface area contributed by atoms with Gasteiger partial charge in [0.05, 0.1) is 28.7 Å². The first-order chi connectivity index (χ1) is 18.1. The zero-order valence-corrected chi connectivity index (χ0v) is 21.0. The lowest BCUT2D eigenvalue weighted by molar-refractivity contribution is -0.122. The molecule has 0 saturated carbocycles. The molecule has 3 amide bonds. The zero-order chi connectivity index (χ0) is 26.5. The molecule has 0 fully saturated rings. The summed E-state index contributed by atoms with van der Waals surface area (Å²) in [5.74, 6) is -1.37. The molecule has 0 bridgehead atoms. The number of carboxylic acid groups (broad SMARTS) is 1. The van der Waals surface area contributed by atoms with Gasteiger partial charge in [-0.05, 0) is 35.1 Å². The Morgan fingerprint density at radius 2 is 1.63 bits per heavy atom. The smallest absolute Gasteiger partial charge is 0.407 e. The number of para-hydroxylation sites is 1. The number of aryl methyl sites for hydroxylation is 1. The molecule has 0 unspecified atom stereocenters. The second-order valence-electron chi connectivity index (χ2n) is 11.0. The van der Waals surface area contributed by atoms with Crippen molar-refractivity contribution in [3.63, 3.8) is 0 Å². The SMILES string of the molecule is CC1(C)CCn2cc(C3=C(c4cn5c6c(cccc46)CN(C(=O)O)CC5)C(=O)NC3=O)c3cc(F)cc1c32. The third kappa shape index (κ3) is 3.04. The molecule has 0 saturated heterocycles. The molecule has 3 aliphatic heterocycles. The number of nitrogens with zero attached hydrogens (tertiary/aromatic N) is 3. The molecule has 2 aromatic heterocycles. The van der Waals surface area contributed by atoms with E-state index < -0.39 is 17.9 Å². The molecule has 3 aliphatic rings. The monoisotopic (exact) mass is 512 g/mol. The van der Waals surface area contributed by atoms with Crippen LogP contribution in [-0.2, 0) is 34.6 Å². The molecule has 5 heterocycles. The maximum Gasteiger partial charge on any atom is 0.407 e. The van der Waals surface area contributed by atoms with Gasteiger partial charge in [0.25, 0.3) is 11.8 Å². The summed E-state index contributed by atoms with van der Waals surface area (Å²) in [5.41, 5.74) is 4.89. The Morgan fingerprint density at radius 3 is 2.34 bits per heavy atom. The van der Waals surface area contributed by atoms with Gasteiger partial charge in [-0.2, -0.15) is 0 Å². The lowest BCUT2D eigenvalue weighted by Crippen LogP contribution is -2.30. The molecule has 0 radical (unpaired) electrons. The molecular weight excluding hydrogens is 487 g/mol. The number of hydrogen-bond donors (Lipinski definition) is 2. The van der Waals surface area contributed by atoms with E-state index >= 15 is 0 Å². The van der Waals surface area contributed by atoms with E-state index in [0.29, 0.717) is 29.6 Å². The number of benzene rings is 2. The number of hydrogen-bond acceptors (Lipinski definition) is 3. The van der Waals surface area contributed by atoms with Gasteiger partial charge in [0.15, 0.2) is 0 Å². The molecule has 9 heteroatoms. The second kappa shape index (κ2) is 7.56. The summed E-state index contributed by atoms with van der Waals surface area (Å²) in [6.45, 7) is 5.86. The average Bonchev–Trinajstić information content (AvgIpc) is 3.44. The van der Waals surface area contributed by atoms with Gasteiger partial charge in [0, 0.05) is 53.9 Å². The molecule has 0 spiro atoms. The summed E-state index contributed by atoms with van der Waals surface area (Å²) in [5, 5.41) is 13.4. The van der Waals surface area contributed by atoms with E-state index in [0.717, 1.165) is 40.5 Å². The molecule has 7 rings (SSSR count). The van der Waals surface area contributed by atoms with Crippen LogP contribution in [0.1, 0.15) is 42.5 Å². The third-order valence-electron chi connectivity index (χ3n) is 8.34.